The first kappa shape index (κ1) is 26.9. The summed E-state index contributed by atoms with van der Waals surface area (Å²) in [5.74, 6) is -1.60. The normalized spacial score (nSPS) is 27.5. The molecule has 0 aromatic carbocycles. The van der Waals surface area contributed by atoms with Gasteiger partial charge < -0.3 is 24.4 Å². The van der Waals surface area contributed by atoms with Crippen LogP contribution in [0.1, 0.15) is 26.7 Å². The lowest BCUT2D eigenvalue weighted by Crippen LogP contribution is -2.63. The van der Waals surface area contributed by atoms with Gasteiger partial charge in [-0.25, -0.2) is 9.59 Å². The van der Waals surface area contributed by atoms with E-state index in [0.29, 0.717) is 25.9 Å². The van der Waals surface area contributed by atoms with Crippen LogP contribution in [0.3, 0.4) is 0 Å². The minimum atomic E-state index is -0.825. The highest BCUT2D eigenvalue weighted by molar-refractivity contribution is 8.03. The fourth-order valence-corrected chi connectivity index (χ4v) is 6.91. The first-order valence-corrected chi connectivity index (χ1v) is 13.2. The lowest BCUT2D eigenvalue weighted by molar-refractivity contribution is -0.164. The zero-order valence-corrected chi connectivity index (χ0v) is 21.9. The number of amides is 2. The van der Waals surface area contributed by atoms with Gasteiger partial charge in [0.25, 0.3) is 0 Å². The van der Waals surface area contributed by atoms with Crippen molar-refractivity contribution in [2.24, 2.45) is 11.8 Å². The van der Waals surface area contributed by atoms with E-state index in [0.717, 1.165) is 4.91 Å². The van der Waals surface area contributed by atoms with Crippen LogP contribution in [0.2, 0.25) is 0 Å². The molecule has 0 spiro atoms. The van der Waals surface area contributed by atoms with Crippen LogP contribution in [-0.2, 0) is 25.6 Å². The van der Waals surface area contributed by atoms with E-state index in [2.05, 4.69) is 23.5 Å². The molecule has 37 heavy (non-hydrogen) atoms. The second-order valence-electron chi connectivity index (χ2n) is 9.46. The number of carbonyl (C=O) groups is 3. The number of carbonyl (C=O) groups excluding carboxylic acids is 3. The maximum atomic E-state index is 13.0. The van der Waals surface area contributed by atoms with Gasteiger partial charge in [0.15, 0.2) is 0 Å². The van der Waals surface area contributed by atoms with E-state index in [1.807, 2.05) is 6.92 Å². The van der Waals surface area contributed by atoms with Gasteiger partial charge in [0, 0.05) is 41.4 Å². The van der Waals surface area contributed by atoms with Crippen molar-refractivity contribution in [3.63, 3.8) is 0 Å². The molecule has 6 atom stereocenters. The van der Waals surface area contributed by atoms with Crippen molar-refractivity contribution in [3.8, 4) is 0 Å². The van der Waals surface area contributed by atoms with Crippen LogP contribution >= 0.6 is 11.8 Å². The number of β-lactam (4-membered cyclic amide) rings is 1. The molecule has 1 aromatic heterocycles. The first-order chi connectivity index (χ1) is 17.8. The number of aliphatic hydroxyl groups excluding tert-OH is 1. The fraction of sp³-hybridized carbons (Fsp3) is 0.560. The molecule has 200 valence electrons. The number of hydrogen-bond donors (Lipinski definition) is 1. The predicted molar refractivity (Wildman–Crippen MR) is 136 cm³/mol. The number of hydrogen-bond acceptors (Lipinski definition) is 9. The average molecular weight is 532 g/mol. The van der Waals surface area contributed by atoms with Crippen LogP contribution in [0.4, 0.5) is 4.79 Å². The summed E-state index contributed by atoms with van der Waals surface area (Å²) in [5, 5.41) is 18.0. The van der Waals surface area contributed by atoms with Gasteiger partial charge >= 0.3 is 12.1 Å². The maximum absolute atomic E-state index is 13.0. The second kappa shape index (κ2) is 11.5. The average Bonchev–Trinajstić information content (AvgIpc) is 3.58. The number of thioether (sulfide) groups is 1. The molecule has 0 bridgehead atoms. The molecule has 4 rings (SSSR count). The number of fused-ring (bicyclic) bond motifs is 1. The van der Waals surface area contributed by atoms with Crippen molar-refractivity contribution in [3.05, 3.63) is 48.3 Å². The monoisotopic (exact) mass is 531 g/mol. The second-order valence-corrected chi connectivity index (χ2v) is 10.8. The number of aryl methyl sites for hydroxylation is 1. The highest BCUT2D eigenvalue weighted by Gasteiger charge is 2.60. The van der Waals surface area contributed by atoms with Crippen molar-refractivity contribution >= 4 is 29.7 Å². The molecule has 1 aromatic rings. The van der Waals surface area contributed by atoms with Gasteiger partial charge in [0.2, 0.25) is 5.91 Å². The summed E-state index contributed by atoms with van der Waals surface area (Å²) in [6.07, 6.45) is 6.46. The Kier molecular flexibility index (Phi) is 8.38. The summed E-state index contributed by atoms with van der Waals surface area (Å²) < 4.78 is 12.4. The van der Waals surface area contributed by atoms with E-state index in [9.17, 15) is 19.5 Å². The summed E-state index contributed by atoms with van der Waals surface area (Å²) in [4.78, 5) is 42.7. The van der Waals surface area contributed by atoms with Crippen molar-refractivity contribution < 1.29 is 29.0 Å². The zero-order chi connectivity index (χ0) is 26.7. The van der Waals surface area contributed by atoms with Gasteiger partial charge in [-0.05, 0) is 19.8 Å². The molecule has 3 aliphatic heterocycles. The molecule has 2 saturated heterocycles. The van der Waals surface area contributed by atoms with E-state index >= 15 is 0 Å². The summed E-state index contributed by atoms with van der Waals surface area (Å²) in [6.45, 7) is 11.9. The minimum Gasteiger partial charge on any atom is -0.457 e. The molecule has 3 aliphatic rings. The van der Waals surface area contributed by atoms with E-state index in [-0.39, 0.29) is 48.1 Å². The Morgan fingerprint density at radius 3 is 2.68 bits per heavy atom. The Morgan fingerprint density at radius 1 is 1.30 bits per heavy atom. The third kappa shape index (κ3) is 5.30. The van der Waals surface area contributed by atoms with Crippen molar-refractivity contribution in [1.29, 1.82) is 0 Å². The third-order valence-electron chi connectivity index (χ3n) is 7.03. The van der Waals surface area contributed by atoms with Crippen LogP contribution in [0, 0.1) is 11.8 Å². The Morgan fingerprint density at radius 2 is 2.03 bits per heavy atom. The first-order valence-electron chi connectivity index (χ1n) is 12.4. The highest BCUT2D eigenvalue weighted by atomic mass is 32.2. The van der Waals surface area contributed by atoms with E-state index in [4.69, 9.17) is 9.47 Å². The standard InChI is InChI=1S/C25H33N5O6S/c1-5-11-35-24(33)21-22(15(3)20-19(16(4)31)23(32)30(20)21)37-18-13-17(7-9-28-10-8-26-27-28)29(14-18)25(34)36-12-6-2/h5-6,8,10,15-20,31H,1-2,7,9,11-14H2,3-4H3/t15-,16-,17-,18+,19-,20-/m1/s1. The SMILES string of the molecule is C=CCOC(=O)C1=C(S[C@H]2C[C@@H](CCn3ccnn3)N(C(=O)OCC=C)C2)[C@H](C)[C@@H]2[C@@H]([C@@H](C)O)C(=O)N12. The number of ether oxygens (including phenoxy) is 2. The van der Waals surface area contributed by atoms with Crippen molar-refractivity contribution in [2.45, 2.75) is 56.7 Å². The molecule has 0 aliphatic carbocycles. The van der Waals surface area contributed by atoms with E-state index in [1.165, 1.54) is 28.8 Å². The molecule has 0 unspecified atom stereocenters. The lowest BCUT2D eigenvalue weighted by Gasteiger charge is -2.46. The molecule has 0 saturated carbocycles. The summed E-state index contributed by atoms with van der Waals surface area (Å²) in [6, 6.07) is -0.407. The highest BCUT2D eigenvalue weighted by Crippen LogP contribution is 2.52. The Balaban J connectivity index is 1.55. The molecule has 4 heterocycles. The Labute approximate surface area is 220 Å². The number of aromatic nitrogens is 3. The lowest BCUT2D eigenvalue weighted by atomic mass is 9.79. The molecule has 2 amide bonds. The van der Waals surface area contributed by atoms with Crippen molar-refractivity contribution in [2.75, 3.05) is 19.8 Å². The fourth-order valence-electron chi connectivity index (χ4n) is 5.35. The van der Waals surface area contributed by atoms with Gasteiger partial charge in [0.1, 0.15) is 18.9 Å². The maximum Gasteiger partial charge on any atom is 0.410 e. The molecule has 12 heteroatoms. The van der Waals surface area contributed by atoms with Gasteiger partial charge in [-0.15, -0.1) is 16.9 Å². The van der Waals surface area contributed by atoms with E-state index in [1.54, 1.807) is 28.9 Å². The molecule has 11 nitrogen and oxygen atoms in total. The van der Waals surface area contributed by atoms with Crippen LogP contribution in [0.25, 0.3) is 0 Å². The molecule has 1 N–H and O–H groups in total. The Hall–Kier alpha value is -3.12. The topological polar surface area (TPSA) is 127 Å². The summed E-state index contributed by atoms with van der Waals surface area (Å²) in [5.41, 5.74) is 0.234. The predicted octanol–water partition coefficient (Wildman–Crippen LogP) is 1.97. The zero-order valence-electron chi connectivity index (χ0n) is 21.1. The van der Waals surface area contributed by atoms with Crippen LogP contribution < -0.4 is 0 Å². The molecule has 0 radical (unpaired) electrons. The number of rotatable bonds is 11. The number of nitrogens with zero attached hydrogens (tertiary/aromatic N) is 5. The van der Waals surface area contributed by atoms with E-state index < -0.39 is 24.1 Å². The van der Waals surface area contributed by atoms with Gasteiger partial charge in [-0.3, -0.25) is 9.48 Å². The quantitative estimate of drug-likeness (QED) is 0.259. The smallest absolute Gasteiger partial charge is 0.410 e. The van der Waals surface area contributed by atoms with Gasteiger partial charge in [-0.2, -0.15) is 0 Å². The molecular formula is C25H33N5O6S. The van der Waals surface area contributed by atoms with Crippen LogP contribution in [0.5, 0.6) is 0 Å². The third-order valence-corrected chi connectivity index (χ3v) is 8.52. The van der Waals surface area contributed by atoms with Crippen LogP contribution in [-0.4, -0.2) is 91.1 Å². The molecule has 2 fully saturated rings. The van der Waals surface area contributed by atoms with Gasteiger partial charge in [-0.1, -0.05) is 37.4 Å². The minimum absolute atomic E-state index is 0.0257. The van der Waals surface area contributed by atoms with Crippen molar-refractivity contribution in [1.82, 2.24) is 24.8 Å². The number of likely N-dealkylation sites (tertiary alicyclic amines) is 1. The van der Waals surface area contributed by atoms with Gasteiger partial charge in [0.05, 0.1) is 24.3 Å². The summed E-state index contributed by atoms with van der Waals surface area (Å²) >= 11 is 1.50. The Bertz CT molecular complexity index is 1070. The largest absolute Gasteiger partial charge is 0.457 e. The summed E-state index contributed by atoms with van der Waals surface area (Å²) in [7, 11) is 0. The molecular weight excluding hydrogens is 498 g/mol. The van der Waals surface area contributed by atoms with Crippen LogP contribution in [0.15, 0.2) is 48.3 Å². The number of aliphatic hydroxyl groups is 1. The number of esters is 1.